The van der Waals surface area contributed by atoms with Gasteiger partial charge in [0.1, 0.15) is 0 Å². The molecule has 120 valence electrons. The van der Waals surface area contributed by atoms with E-state index in [0.717, 1.165) is 5.56 Å². The maximum atomic E-state index is 12.1. The smallest absolute Gasteiger partial charge is 0.316 e. The molecule has 21 heavy (non-hydrogen) atoms. The lowest BCUT2D eigenvalue weighted by Crippen LogP contribution is -2.28. The number of aryl methyl sites for hydroxylation is 1. The van der Waals surface area contributed by atoms with Gasteiger partial charge >= 0.3 is 6.18 Å². The monoisotopic (exact) mass is 388 g/mol. The molecule has 0 aliphatic rings. The molecule has 0 saturated heterocycles. The molecule has 0 amide bonds. The van der Waals surface area contributed by atoms with Crippen molar-refractivity contribution in [3.8, 4) is 0 Å². The SMILES string of the molecule is CNCc1cc(C)c(Br)c(S(=O)(=O)NCCC(F)(F)F)c1. The molecule has 1 aromatic carbocycles. The predicted molar refractivity (Wildman–Crippen MR) is 77.5 cm³/mol. The van der Waals surface area contributed by atoms with Crippen LogP contribution in [0.1, 0.15) is 17.5 Å². The quantitative estimate of drug-likeness (QED) is 0.787. The molecule has 1 aromatic rings. The summed E-state index contributed by atoms with van der Waals surface area (Å²) in [6, 6.07) is 3.23. The summed E-state index contributed by atoms with van der Waals surface area (Å²) in [7, 11) is -2.29. The minimum Gasteiger partial charge on any atom is -0.316 e. The van der Waals surface area contributed by atoms with E-state index in [1.165, 1.54) is 6.07 Å². The highest BCUT2D eigenvalue weighted by molar-refractivity contribution is 9.10. The molecule has 0 bridgehead atoms. The summed E-state index contributed by atoms with van der Waals surface area (Å²) in [5.41, 5.74) is 1.42. The molecule has 1 rings (SSSR count). The maximum Gasteiger partial charge on any atom is 0.390 e. The lowest BCUT2D eigenvalue weighted by Gasteiger charge is -2.13. The molecule has 0 unspecified atom stereocenters. The highest BCUT2D eigenvalue weighted by atomic mass is 79.9. The van der Waals surface area contributed by atoms with E-state index < -0.39 is 29.2 Å². The van der Waals surface area contributed by atoms with Gasteiger partial charge in [-0.3, -0.25) is 0 Å². The zero-order valence-corrected chi connectivity index (χ0v) is 13.9. The Labute approximate surface area is 130 Å². The van der Waals surface area contributed by atoms with Gasteiger partial charge in [0.15, 0.2) is 0 Å². The van der Waals surface area contributed by atoms with E-state index in [1.807, 2.05) is 4.72 Å². The topological polar surface area (TPSA) is 58.2 Å². The third-order valence-corrected chi connectivity index (χ3v) is 5.45. The van der Waals surface area contributed by atoms with E-state index in [4.69, 9.17) is 0 Å². The van der Waals surface area contributed by atoms with Crippen molar-refractivity contribution >= 4 is 26.0 Å². The summed E-state index contributed by atoms with van der Waals surface area (Å²) in [4.78, 5) is -0.0603. The van der Waals surface area contributed by atoms with Crippen LogP contribution in [-0.4, -0.2) is 28.2 Å². The molecule has 2 N–H and O–H groups in total. The fourth-order valence-corrected chi connectivity index (χ4v) is 3.81. The van der Waals surface area contributed by atoms with Crippen LogP contribution in [0.4, 0.5) is 13.2 Å². The van der Waals surface area contributed by atoms with Gasteiger partial charge in [0.05, 0.1) is 11.3 Å². The molecule has 0 aromatic heterocycles. The summed E-state index contributed by atoms with van der Waals surface area (Å²) in [5.74, 6) is 0. The van der Waals surface area contributed by atoms with Crippen LogP contribution < -0.4 is 10.0 Å². The van der Waals surface area contributed by atoms with E-state index in [1.54, 1.807) is 20.0 Å². The minimum absolute atomic E-state index is 0.0603. The summed E-state index contributed by atoms with van der Waals surface area (Å²) in [5, 5.41) is 2.89. The van der Waals surface area contributed by atoms with Crippen LogP contribution in [0, 0.1) is 6.92 Å². The molecule has 0 spiro atoms. The second kappa shape index (κ2) is 7.08. The Hall–Kier alpha value is -0.640. The summed E-state index contributed by atoms with van der Waals surface area (Å²) >= 11 is 3.17. The Morgan fingerprint density at radius 2 is 1.90 bits per heavy atom. The fourth-order valence-electron chi connectivity index (χ4n) is 1.72. The molecule has 0 saturated carbocycles. The number of benzene rings is 1. The van der Waals surface area contributed by atoms with Crippen molar-refractivity contribution < 1.29 is 21.6 Å². The maximum absolute atomic E-state index is 12.1. The molecular formula is C12H16BrF3N2O2S. The third kappa shape index (κ3) is 5.57. The van der Waals surface area contributed by atoms with Gasteiger partial charge in [-0.2, -0.15) is 13.2 Å². The number of hydrogen-bond acceptors (Lipinski definition) is 3. The average molecular weight is 389 g/mol. The van der Waals surface area contributed by atoms with Crippen LogP contribution in [0.2, 0.25) is 0 Å². The molecule has 0 heterocycles. The normalized spacial score (nSPS) is 12.7. The molecule has 0 fully saturated rings. The molecule has 0 radical (unpaired) electrons. The van der Waals surface area contributed by atoms with Crippen LogP contribution in [0.3, 0.4) is 0 Å². The minimum atomic E-state index is -4.40. The van der Waals surface area contributed by atoms with Crippen molar-refractivity contribution in [3.05, 3.63) is 27.7 Å². The van der Waals surface area contributed by atoms with Crippen LogP contribution >= 0.6 is 15.9 Å². The van der Waals surface area contributed by atoms with Crippen molar-refractivity contribution in [2.75, 3.05) is 13.6 Å². The van der Waals surface area contributed by atoms with Gasteiger partial charge in [-0.05, 0) is 47.1 Å². The number of alkyl halides is 3. The summed E-state index contributed by atoms with van der Waals surface area (Å²) in [6.45, 7) is 1.49. The van der Waals surface area contributed by atoms with E-state index in [0.29, 0.717) is 16.6 Å². The van der Waals surface area contributed by atoms with Gasteiger partial charge in [0.2, 0.25) is 10.0 Å². The summed E-state index contributed by atoms with van der Waals surface area (Å²) in [6.07, 6.45) is -5.61. The Balaban J connectivity index is 3.02. The number of sulfonamides is 1. The second-order valence-corrected chi connectivity index (χ2v) is 7.05. The Bertz CT molecular complexity index is 603. The van der Waals surface area contributed by atoms with Crippen molar-refractivity contribution in [1.82, 2.24) is 10.0 Å². The molecule has 0 atom stereocenters. The van der Waals surface area contributed by atoms with Crippen molar-refractivity contribution in [1.29, 1.82) is 0 Å². The second-order valence-electron chi connectivity index (χ2n) is 4.52. The highest BCUT2D eigenvalue weighted by Crippen LogP contribution is 2.27. The number of halogens is 4. The number of nitrogens with one attached hydrogen (secondary N) is 2. The van der Waals surface area contributed by atoms with E-state index in [2.05, 4.69) is 21.2 Å². The first-order chi connectivity index (χ1) is 9.57. The Kier molecular flexibility index (Phi) is 6.21. The van der Waals surface area contributed by atoms with Crippen LogP contribution in [0.15, 0.2) is 21.5 Å². The predicted octanol–water partition coefficient (Wildman–Crippen LogP) is 2.71. The van der Waals surface area contributed by atoms with Gasteiger partial charge in [-0.25, -0.2) is 13.1 Å². The lowest BCUT2D eigenvalue weighted by molar-refractivity contribution is -0.132. The van der Waals surface area contributed by atoms with Crippen molar-refractivity contribution in [2.45, 2.75) is 31.0 Å². The van der Waals surface area contributed by atoms with E-state index >= 15 is 0 Å². The Morgan fingerprint density at radius 1 is 1.29 bits per heavy atom. The average Bonchev–Trinajstić information content (AvgIpc) is 2.31. The molecule has 9 heteroatoms. The van der Waals surface area contributed by atoms with Crippen molar-refractivity contribution in [2.24, 2.45) is 0 Å². The van der Waals surface area contributed by atoms with Crippen LogP contribution in [0.25, 0.3) is 0 Å². The number of rotatable bonds is 6. The molecule has 0 aliphatic carbocycles. The zero-order chi connectivity index (χ0) is 16.3. The standard InChI is InChI=1S/C12H16BrF3N2O2S/c1-8-5-9(7-17-2)6-10(11(8)13)21(19,20)18-4-3-12(14,15)16/h5-6,17-18H,3-4,7H2,1-2H3. The first-order valence-electron chi connectivity index (χ1n) is 6.07. The first-order valence-corrected chi connectivity index (χ1v) is 8.34. The zero-order valence-electron chi connectivity index (χ0n) is 11.5. The van der Waals surface area contributed by atoms with Crippen LogP contribution in [0.5, 0.6) is 0 Å². The molecule has 0 aliphatic heterocycles. The fraction of sp³-hybridized carbons (Fsp3) is 0.500. The first kappa shape index (κ1) is 18.4. The van der Waals surface area contributed by atoms with Gasteiger partial charge in [-0.1, -0.05) is 6.07 Å². The summed E-state index contributed by atoms with van der Waals surface area (Å²) < 4.78 is 62.8. The largest absolute Gasteiger partial charge is 0.390 e. The lowest BCUT2D eigenvalue weighted by atomic mass is 10.1. The van der Waals surface area contributed by atoms with Crippen LogP contribution in [-0.2, 0) is 16.6 Å². The van der Waals surface area contributed by atoms with Gasteiger partial charge in [0, 0.05) is 17.6 Å². The molecule has 4 nitrogen and oxygen atoms in total. The van der Waals surface area contributed by atoms with Gasteiger partial charge in [-0.15, -0.1) is 0 Å². The van der Waals surface area contributed by atoms with E-state index in [9.17, 15) is 21.6 Å². The highest BCUT2D eigenvalue weighted by Gasteiger charge is 2.28. The van der Waals surface area contributed by atoms with Gasteiger partial charge in [0.25, 0.3) is 0 Å². The molecular weight excluding hydrogens is 373 g/mol. The van der Waals surface area contributed by atoms with Crippen molar-refractivity contribution in [3.63, 3.8) is 0 Å². The number of hydrogen-bond donors (Lipinski definition) is 2. The van der Waals surface area contributed by atoms with E-state index in [-0.39, 0.29) is 4.90 Å². The van der Waals surface area contributed by atoms with Gasteiger partial charge < -0.3 is 5.32 Å². The Morgan fingerprint density at radius 3 is 2.43 bits per heavy atom. The third-order valence-electron chi connectivity index (χ3n) is 2.65.